The summed E-state index contributed by atoms with van der Waals surface area (Å²) < 4.78 is 0. The number of rotatable bonds is 6. The lowest BCUT2D eigenvalue weighted by Gasteiger charge is -2.05. The number of thioether (sulfide) groups is 1. The molecule has 0 radical (unpaired) electrons. The van der Waals surface area contributed by atoms with Crippen molar-refractivity contribution in [3.63, 3.8) is 0 Å². The highest BCUT2D eigenvalue weighted by Gasteiger charge is 2.07. The molecule has 0 aliphatic heterocycles. The van der Waals surface area contributed by atoms with Crippen LogP contribution in [-0.2, 0) is 5.75 Å². The zero-order chi connectivity index (χ0) is 15.2. The van der Waals surface area contributed by atoms with Crippen LogP contribution in [0.4, 0.5) is 0 Å². The van der Waals surface area contributed by atoms with E-state index in [1.165, 1.54) is 5.56 Å². The van der Waals surface area contributed by atoms with Crippen molar-refractivity contribution < 1.29 is 4.79 Å². The van der Waals surface area contributed by atoms with E-state index >= 15 is 0 Å². The zero-order valence-corrected chi connectivity index (χ0v) is 13.6. The van der Waals surface area contributed by atoms with Gasteiger partial charge >= 0.3 is 0 Å². The smallest absolute Gasteiger partial charge is 0.269 e. The monoisotopic (exact) mass is 328 g/mol. The lowest BCUT2D eigenvalue weighted by atomic mass is 10.2. The van der Waals surface area contributed by atoms with E-state index in [1.54, 1.807) is 17.4 Å². The van der Waals surface area contributed by atoms with E-state index < -0.39 is 0 Å². The molecule has 2 heterocycles. The third-order valence-electron chi connectivity index (χ3n) is 3.21. The zero-order valence-electron chi connectivity index (χ0n) is 12.0. The topological polar surface area (TPSA) is 42.0 Å². The van der Waals surface area contributed by atoms with Gasteiger partial charge in [-0.2, -0.15) is 23.1 Å². The number of aromatic nitrogens is 1. The van der Waals surface area contributed by atoms with E-state index in [9.17, 15) is 4.79 Å². The first-order valence-electron chi connectivity index (χ1n) is 7.06. The largest absolute Gasteiger partial charge is 0.350 e. The average molecular weight is 328 g/mol. The van der Waals surface area contributed by atoms with Crippen LogP contribution in [0.3, 0.4) is 0 Å². The quantitative estimate of drug-likeness (QED) is 0.697. The van der Waals surface area contributed by atoms with Gasteiger partial charge in [0.15, 0.2) is 0 Å². The van der Waals surface area contributed by atoms with Gasteiger partial charge in [0.05, 0.1) is 5.52 Å². The maximum absolute atomic E-state index is 12.1. The van der Waals surface area contributed by atoms with Crippen molar-refractivity contribution in [2.75, 3.05) is 12.3 Å². The predicted molar refractivity (Wildman–Crippen MR) is 94.6 cm³/mol. The number of fused-ring (bicyclic) bond motifs is 1. The lowest BCUT2D eigenvalue weighted by molar-refractivity contribution is 0.0951. The predicted octanol–water partition coefficient (Wildman–Crippen LogP) is 3.96. The van der Waals surface area contributed by atoms with Crippen molar-refractivity contribution in [1.82, 2.24) is 10.3 Å². The molecule has 0 aliphatic carbocycles. The summed E-state index contributed by atoms with van der Waals surface area (Å²) in [6.45, 7) is 0.655. The summed E-state index contributed by atoms with van der Waals surface area (Å²) in [4.78, 5) is 16.5. The maximum Gasteiger partial charge on any atom is 0.269 e. The summed E-state index contributed by atoms with van der Waals surface area (Å²) in [5, 5.41) is 8.21. The van der Waals surface area contributed by atoms with Crippen LogP contribution in [0, 0.1) is 0 Å². The molecule has 0 saturated carbocycles. The van der Waals surface area contributed by atoms with Crippen LogP contribution in [0.5, 0.6) is 0 Å². The number of para-hydroxylation sites is 1. The molecule has 1 N–H and O–H groups in total. The highest BCUT2D eigenvalue weighted by molar-refractivity contribution is 7.98. The van der Waals surface area contributed by atoms with Crippen LogP contribution >= 0.6 is 23.1 Å². The van der Waals surface area contributed by atoms with Crippen LogP contribution in [-0.4, -0.2) is 23.2 Å². The first kappa shape index (κ1) is 15.1. The number of nitrogens with zero attached hydrogens (tertiary/aromatic N) is 1. The fraction of sp³-hybridized carbons (Fsp3) is 0.176. The van der Waals surface area contributed by atoms with Crippen molar-refractivity contribution in [3.8, 4) is 0 Å². The van der Waals surface area contributed by atoms with Gasteiger partial charge < -0.3 is 5.32 Å². The summed E-state index contributed by atoms with van der Waals surface area (Å²) in [7, 11) is 0. The number of thiophene rings is 1. The van der Waals surface area contributed by atoms with Crippen LogP contribution in [0.1, 0.15) is 16.1 Å². The Hall–Kier alpha value is -1.85. The Balaban J connectivity index is 1.48. The second-order valence-corrected chi connectivity index (χ2v) is 6.71. The minimum absolute atomic E-state index is 0.109. The number of pyridine rings is 1. The summed E-state index contributed by atoms with van der Waals surface area (Å²) in [6, 6.07) is 13.6. The highest BCUT2D eigenvalue weighted by atomic mass is 32.2. The van der Waals surface area contributed by atoms with E-state index in [4.69, 9.17) is 0 Å². The number of benzene rings is 1. The standard InChI is InChI=1S/C17H16N2OS2/c20-17(18-8-10-22-12-13-7-9-21-11-13)16-6-5-14-3-1-2-4-15(14)19-16/h1-7,9,11H,8,10,12H2,(H,18,20). The third-order valence-corrected chi connectivity index (χ3v) is 4.97. The molecule has 0 bridgehead atoms. The molecular formula is C17H16N2OS2. The number of amides is 1. The molecule has 0 atom stereocenters. The van der Waals surface area contributed by atoms with Crippen molar-refractivity contribution in [3.05, 3.63) is 64.5 Å². The van der Waals surface area contributed by atoms with E-state index in [0.29, 0.717) is 12.2 Å². The Morgan fingerprint density at radius 2 is 2.09 bits per heavy atom. The second kappa shape index (κ2) is 7.42. The fourth-order valence-corrected chi connectivity index (χ4v) is 3.66. The Morgan fingerprint density at radius 1 is 1.18 bits per heavy atom. The summed E-state index contributed by atoms with van der Waals surface area (Å²) in [5.74, 6) is 1.78. The SMILES string of the molecule is O=C(NCCSCc1ccsc1)c1ccc2ccccc2n1. The number of carbonyl (C=O) groups is 1. The van der Waals surface area contributed by atoms with Crippen LogP contribution < -0.4 is 5.32 Å². The molecule has 0 aliphatic rings. The molecule has 22 heavy (non-hydrogen) atoms. The van der Waals surface area contributed by atoms with Gasteiger partial charge in [-0.1, -0.05) is 24.3 Å². The molecule has 1 aromatic carbocycles. The first-order chi connectivity index (χ1) is 10.8. The number of hydrogen-bond donors (Lipinski definition) is 1. The molecule has 1 amide bonds. The fourth-order valence-electron chi connectivity index (χ4n) is 2.08. The number of hydrogen-bond acceptors (Lipinski definition) is 4. The molecule has 3 nitrogen and oxygen atoms in total. The van der Waals surface area contributed by atoms with Crippen LogP contribution in [0.25, 0.3) is 10.9 Å². The van der Waals surface area contributed by atoms with Crippen molar-refractivity contribution >= 4 is 39.9 Å². The van der Waals surface area contributed by atoms with Gasteiger partial charge in [0, 0.05) is 23.4 Å². The summed E-state index contributed by atoms with van der Waals surface area (Å²) in [5.41, 5.74) is 2.67. The maximum atomic E-state index is 12.1. The van der Waals surface area contributed by atoms with Gasteiger partial charge in [-0.3, -0.25) is 4.79 Å². The molecule has 0 fully saturated rings. The molecule has 0 unspecified atom stereocenters. The molecule has 112 valence electrons. The molecule has 2 aromatic heterocycles. The van der Waals surface area contributed by atoms with Gasteiger partial charge in [-0.05, 0) is 34.5 Å². The van der Waals surface area contributed by atoms with Gasteiger partial charge in [-0.15, -0.1) is 0 Å². The van der Waals surface area contributed by atoms with Crippen LogP contribution in [0.2, 0.25) is 0 Å². The lowest BCUT2D eigenvalue weighted by Crippen LogP contribution is -2.26. The van der Waals surface area contributed by atoms with E-state index in [2.05, 4.69) is 27.1 Å². The minimum atomic E-state index is -0.109. The Bertz CT molecular complexity index is 756. The number of carbonyl (C=O) groups excluding carboxylic acids is 1. The first-order valence-corrected chi connectivity index (χ1v) is 9.15. The molecule has 0 spiro atoms. The Labute approximate surface area is 137 Å². The van der Waals surface area contributed by atoms with Crippen LogP contribution in [0.15, 0.2) is 53.2 Å². The van der Waals surface area contributed by atoms with E-state index in [-0.39, 0.29) is 5.91 Å². The van der Waals surface area contributed by atoms with E-state index in [1.807, 2.05) is 42.1 Å². The van der Waals surface area contributed by atoms with Crippen molar-refractivity contribution in [2.45, 2.75) is 5.75 Å². The van der Waals surface area contributed by atoms with Gasteiger partial charge in [0.1, 0.15) is 5.69 Å². The molecule has 3 aromatic rings. The number of nitrogens with one attached hydrogen (secondary N) is 1. The minimum Gasteiger partial charge on any atom is -0.350 e. The third kappa shape index (κ3) is 3.87. The molecule has 0 saturated heterocycles. The van der Waals surface area contributed by atoms with E-state index in [0.717, 1.165) is 22.4 Å². The normalized spacial score (nSPS) is 10.7. The van der Waals surface area contributed by atoms with Gasteiger partial charge in [-0.25, -0.2) is 4.98 Å². The highest BCUT2D eigenvalue weighted by Crippen LogP contribution is 2.14. The van der Waals surface area contributed by atoms with Crippen molar-refractivity contribution in [2.24, 2.45) is 0 Å². The Morgan fingerprint density at radius 3 is 2.95 bits per heavy atom. The average Bonchev–Trinajstić information content (AvgIpc) is 3.07. The molecular weight excluding hydrogens is 312 g/mol. The second-order valence-electron chi connectivity index (χ2n) is 4.83. The van der Waals surface area contributed by atoms with Crippen molar-refractivity contribution in [1.29, 1.82) is 0 Å². The van der Waals surface area contributed by atoms with Gasteiger partial charge in [0.25, 0.3) is 5.91 Å². The summed E-state index contributed by atoms with van der Waals surface area (Å²) in [6.07, 6.45) is 0. The van der Waals surface area contributed by atoms with Gasteiger partial charge in [0.2, 0.25) is 0 Å². The summed E-state index contributed by atoms with van der Waals surface area (Å²) >= 11 is 3.54. The Kier molecular flexibility index (Phi) is 5.08. The molecule has 5 heteroatoms. The molecule has 3 rings (SSSR count).